The SMILES string of the molecule is CCOc1cc(C)nc(N2CCN(C(=O)Cn3cncn3)CC2)n1. The van der Waals surface area contributed by atoms with Crippen molar-refractivity contribution in [3.8, 4) is 5.88 Å². The van der Waals surface area contributed by atoms with Gasteiger partial charge in [0.25, 0.3) is 0 Å². The first kappa shape index (κ1) is 16.2. The van der Waals surface area contributed by atoms with Crippen molar-refractivity contribution < 1.29 is 9.53 Å². The van der Waals surface area contributed by atoms with E-state index in [0.717, 1.165) is 5.69 Å². The molecule has 0 unspecified atom stereocenters. The van der Waals surface area contributed by atoms with Crippen LogP contribution in [0.15, 0.2) is 18.7 Å². The second-order valence-corrected chi connectivity index (χ2v) is 5.54. The van der Waals surface area contributed by atoms with Crippen molar-refractivity contribution in [1.29, 1.82) is 0 Å². The minimum atomic E-state index is 0.0420. The van der Waals surface area contributed by atoms with Gasteiger partial charge >= 0.3 is 0 Å². The molecule has 1 amide bonds. The van der Waals surface area contributed by atoms with E-state index < -0.39 is 0 Å². The van der Waals surface area contributed by atoms with Crippen molar-refractivity contribution in [3.63, 3.8) is 0 Å². The van der Waals surface area contributed by atoms with Gasteiger partial charge in [0.15, 0.2) is 0 Å². The van der Waals surface area contributed by atoms with E-state index >= 15 is 0 Å². The van der Waals surface area contributed by atoms with Crippen LogP contribution in [0.1, 0.15) is 12.6 Å². The largest absolute Gasteiger partial charge is 0.478 e. The molecule has 9 heteroatoms. The fourth-order valence-corrected chi connectivity index (χ4v) is 2.60. The summed E-state index contributed by atoms with van der Waals surface area (Å²) in [5.41, 5.74) is 0.869. The Hall–Kier alpha value is -2.71. The Kier molecular flexibility index (Phi) is 4.88. The molecule has 0 atom stereocenters. The van der Waals surface area contributed by atoms with E-state index in [4.69, 9.17) is 4.74 Å². The monoisotopic (exact) mass is 331 g/mol. The number of nitrogens with zero attached hydrogens (tertiary/aromatic N) is 7. The minimum absolute atomic E-state index is 0.0420. The van der Waals surface area contributed by atoms with Crippen LogP contribution in [0.5, 0.6) is 5.88 Å². The van der Waals surface area contributed by atoms with Crippen LogP contribution in [0, 0.1) is 6.92 Å². The third kappa shape index (κ3) is 3.79. The number of aromatic nitrogens is 5. The van der Waals surface area contributed by atoms with E-state index in [0.29, 0.717) is 44.6 Å². The lowest BCUT2D eigenvalue weighted by Gasteiger charge is -2.34. The van der Waals surface area contributed by atoms with E-state index in [2.05, 4.69) is 25.0 Å². The number of carbonyl (C=O) groups is 1. The summed E-state index contributed by atoms with van der Waals surface area (Å²) in [5, 5.41) is 3.96. The van der Waals surface area contributed by atoms with Crippen molar-refractivity contribution in [1.82, 2.24) is 29.6 Å². The zero-order chi connectivity index (χ0) is 16.9. The van der Waals surface area contributed by atoms with Crippen LogP contribution in [-0.2, 0) is 11.3 Å². The molecule has 0 radical (unpaired) electrons. The second kappa shape index (κ2) is 7.24. The van der Waals surface area contributed by atoms with Gasteiger partial charge in [0.1, 0.15) is 19.2 Å². The molecule has 3 heterocycles. The molecule has 2 aromatic heterocycles. The van der Waals surface area contributed by atoms with E-state index in [9.17, 15) is 4.79 Å². The highest BCUT2D eigenvalue weighted by Gasteiger charge is 2.23. The quantitative estimate of drug-likeness (QED) is 0.769. The summed E-state index contributed by atoms with van der Waals surface area (Å²) in [5.74, 6) is 1.28. The molecular formula is C15H21N7O2. The summed E-state index contributed by atoms with van der Waals surface area (Å²) >= 11 is 0. The maximum atomic E-state index is 12.3. The number of hydrogen-bond donors (Lipinski definition) is 0. The van der Waals surface area contributed by atoms with Crippen molar-refractivity contribution >= 4 is 11.9 Å². The molecule has 9 nitrogen and oxygen atoms in total. The van der Waals surface area contributed by atoms with E-state index in [1.165, 1.54) is 11.0 Å². The topological polar surface area (TPSA) is 89.3 Å². The molecular weight excluding hydrogens is 310 g/mol. The van der Waals surface area contributed by atoms with Gasteiger partial charge < -0.3 is 14.5 Å². The lowest BCUT2D eigenvalue weighted by molar-refractivity contribution is -0.132. The smallest absolute Gasteiger partial charge is 0.244 e. The van der Waals surface area contributed by atoms with E-state index in [1.54, 1.807) is 6.33 Å². The van der Waals surface area contributed by atoms with Gasteiger partial charge in [0.2, 0.25) is 17.7 Å². The summed E-state index contributed by atoms with van der Waals surface area (Å²) in [7, 11) is 0. The maximum Gasteiger partial charge on any atom is 0.244 e. The molecule has 0 N–H and O–H groups in total. The van der Waals surface area contributed by atoms with Gasteiger partial charge in [-0.15, -0.1) is 0 Å². The van der Waals surface area contributed by atoms with Gasteiger partial charge in [-0.3, -0.25) is 4.79 Å². The first-order chi connectivity index (χ1) is 11.7. The summed E-state index contributed by atoms with van der Waals surface area (Å²) in [6.45, 7) is 7.29. The molecule has 24 heavy (non-hydrogen) atoms. The summed E-state index contributed by atoms with van der Waals surface area (Å²) in [6, 6.07) is 1.82. The normalized spacial score (nSPS) is 14.8. The highest BCUT2D eigenvalue weighted by atomic mass is 16.5. The summed E-state index contributed by atoms with van der Waals surface area (Å²) in [4.78, 5) is 29.0. The second-order valence-electron chi connectivity index (χ2n) is 5.54. The van der Waals surface area contributed by atoms with Crippen LogP contribution in [0.25, 0.3) is 0 Å². The van der Waals surface area contributed by atoms with E-state index in [1.807, 2.05) is 24.8 Å². The first-order valence-electron chi connectivity index (χ1n) is 7.99. The highest BCUT2D eigenvalue weighted by Crippen LogP contribution is 2.17. The molecule has 0 spiro atoms. The van der Waals surface area contributed by atoms with Gasteiger partial charge in [0.05, 0.1) is 6.61 Å². The van der Waals surface area contributed by atoms with Crippen LogP contribution >= 0.6 is 0 Å². The molecule has 1 fully saturated rings. The molecule has 0 saturated carbocycles. The first-order valence-corrected chi connectivity index (χ1v) is 7.99. The fraction of sp³-hybridized carbons (Fsp3) is 0.533. The van der Waals surface area contributed by atoms with Crippen molar-refractivity contribution in [2.75, 3.05) is 37.7 Å². The van der Waals surface area contributed by atoms with Gasteiger partial charge in [0, 0.05) is 37.9 Å². The molecule has 2 aromatic rings. The molecule has 0 aromatic carbocycles. The number of piperazine rings is 1. The Morgan fingerprint density at radius 3 is 2.71 bits per heavy atom. The molecule has 0 bridgehead atoms. The molecule has 1 aliphatic rings. The molecule has 3 rings (SSSR count). The Labute approximate surface area is 140 Å². The third-order valence-electron chi connectivity index (χ3n) is 3.79. The fourth-order valence-electron chi connectivity index (χ4n) is 2.60. The Morgan fingerprint density at radius 1 is 1.25 bits per heavy atom. The summed E-state index contributed by atoms with van der Waals surface area (Å²) in [6.07, 6.45) is 2.97. The molecule has 1 aliphatic heterocycles. The molecule has 1 saturated heterocycles. The van der Waals surface area contributed by atoms with Crippen molar-refractivity contribution in [2.24, 2.45) is 0 Å². The maximum absolute atomic E-state index is 12.3. The van der Waals surface area contributed by atoms with Crippen LogP contribution in [0.2, 0.25) is 0 Å². The lowest BCUT2D eigenvalue weighted by atomic mass is 10.3. The van der Waals surface area contributed by atoms with Crippen LogP contribution in [0.4, 0.5) is 5.95 Å². The Morgan fingerprint density at radius 2 is 2.04 bits per heavy atom. The van der Waals surface area contributed by atoms with Crippen molar-refractivity contribution in [3.05, 3.63) is 24.4 Å². The van der Waals surface area contributed by atoms with Gasteiger partial charge in [-0.1, -0.05) is 0 Å². The van der Waals surface area contributed by atoms with Gasteiger partial charge in [-0.05, 0) is 13.8 Å². The minimum Gasteiger partial charge on any atom is -0.478 e. The van der Waals surface area contributed by atoms with Crippen LogP contribution in [0.3, 0.4) is 0 Å². The van der Waals surface area contributed by atoms with Crippen molar-refractivity contribution in [2.45, 2.75) is 20.4 Å². The average Bonchev–Trinajstić information content (AvgIpc) is 3.08. The number of amides is 1. The zero-order valence-electron chi connectivity index (χ0n) is 13.9. The summed E-state index contributed by atoms with van der Waals surface area (Å²) < 4.78 is 7.01. The van der Waals surface area contributed by atoms with Gasteiger partial charge in [-0.2, -0.15) is 10.1 Å². The van der Waals surface area contributed by atoms with Crippen LogP contribution in [-0.4, -0.2) is 68.3 Å². The van der Waals surface area contributed by atoms with Gasteiger partial charge in [-0.25, -0.2) is 14.6 Å². The standard InChI is InChI=1S/C15H21N7O2/c1-3-24-13-8-12(2)18-15(19-13)21-6-4-20(5-7-21)14(23)9-22-11-16-10-17-22/h8,10-11H,3-7,9H2,1-2H3. The number of anilines is 1. The molecule has 0 aliphatic carbocycles. The predicted molar refractivity (Wildman–Crippen MR) is 86.8 cm³/mol. The highest BCUT2D eigenvalue weighted by molar-refractivity contribution is 5.76. The number of aryl methyl sites for hydroxylation is 1. The average molecular weight is 331 g/mol. The predicted octanol–water partition coefficient (Wildman–Crippen LogP) is 0.124. The number of rotatable bonds is 5. The third-order valence-corrected chi connectivity index (χ3v) is 3.79. The van der Waals surface area contributed by atoms with E-state index in [-0.39, 0.29) is 12.5 Å². The lowest BCUT2D eigenvalue weighted by Crippen LogP contribution is -2.50. The Balaban J connectivity index is 1.59. The van der Waals surface area contributed by atoms with Crippen LogP contribution < -0.4 is 9.64 Å². The number of carbonyl (C=O) groups excluding carboxylic acids is 1. The number of hydrogen-bond acceptors (Lipinski definition) is 7. The zero-order valence-corrected chi connectivity index (χ0v) is 13.9. The molecule has 128 valence electrons. The Bertz CT molecular complexity index is 681. The number of ether oxygens (including phenoxy) is 1.